The summed E-state index contributed by atoms with van der Waals surface area (Å²) in [5.74, 6) is 0. The van der Waals surface area contributed by atoms with E-state index in [0.29, 0.717) is 8.58 Å². The average Bonchev–Trinajstić information content (AvgIpc) is 2.60. The van der Waals surface area contributed by atoms with Crippen LogP contribution >= 0.6 is 21.0 Å². The Kier molecular flexibility index (Phi) is 3.39. The lowest BCUT2D eigenvalue weighted by molar-refractivity contribution is 1.46. The van der Waals surface area contributed by atoms with Crippen molar-refractivity contribution in [3.63, 3.8) is 0 Å². The molecule has 2 heterocycles. The maximum atomic E-state index is 3.17. The molecule has 2 aromatic rings. The number of rotatable bonds is 2. The van der Waals surface area contributed by atoms with Gasteiger partial charge < -0.3 is 9.97 Å². The van der Waals surface area contributed by atoms with Gasteiger partial charge in [-0.15, -0.1) is 12.4 Å². The van der Waals surface area contributed by atoms with Crippen molar-refractivity contribution in [1.82, 2.24) is 9.97 Å². The Balaban J connectivity index is 0.000000720. The van der Waals surface area contributed by atoms with Gasteiger partial charge in [0.15, 0.2) is 0 Å². The number of hydrogen-bond donors (Lipinski definition) is 2. The second kappa shape index (κ2) is 4.34. The smallest absolute Gasteiger partial charge is 0.0413 e. The van der Waals surface area contributed by atoms with Crippen molar-refractivity contribution in [3.8, 4) is 0 Å². The molecule has 0 aliphatic heterocycles. The SMILES string of the molecule is Cl.c1c[nH]c(Pc2ccc[nH]2)c1. The number of nitrogens with one attached hydrogen (secondary N) is 2. The van der Waals surface area contributed by atoms with E-state index in [2.05, 4.69) is 22.1 Å². The lowest BCUT2D eigenvalue weighted by Gasteiger charge is -1.92. The summed E-state index contributed by atoms with van der Waals surface area (Å²) in [7, 11) is 0.715. The second-order valence-electron chi connectivity index (χ2n) is 2.29. The molecular formula is C8H10ClN2P. The maximum Gasteiger partial charge on any atom is 0.0413 e. The number of H-pyrrole nitrogens is 2. The van der Waals surface area contributed by atoms with Crippen LogP contribution in [-0.4, -0.2) is 9.97 Å². The van der Waals surface area contributed by atoms with E-state index in [0.717, 1.165) is 0 Å². The van der Waals surface area contributed by atoms with Gasteiger partial charge in [0.25, 0.3) is 0 Å². The largest absolute Gasteiger partial charge is 0.361 e. The molecule has 0 radical (unpaired) electrons. The molecule has 4 heteroatoms. The maximum absolute atomic E-state index is 3.17. The van der Waals surface area contributed by atoms with Crippen LogP contribution < -0.4 is 10.9 Å². The van der Waals surface area contributed by atoms with E-state index in [1.807, 2.05) is 24.5 Å². The number of aromatic amines is 2. The molecule has 0 saturated heterocycles. The van der Waals surface area contributed by atoms with Crippen molar-refractivity contribution >= 4 is 31.9 Å². The number of hydrogen-bond acceptors (Lipinski definition) is 0. The second-order valence-corrected chi connectivity index (χ2v) is 3.62. The van der Waals surface area contributed by atoms with Crippen LogP contribution in [0.2, 0.25) is 0 Å². The summed E-state index contributed by atoms with van der Waals surface area (Å²) in [6.07, 6.45) is 3.90. The van der Waals surface area contributed by atoms with Crippen LogP contribution in [0.15, 0.2) is 36.7 Å². The van der Waals surface area contributed by atoms with Gasteiger partial charge in [-0.25, -0.2) is 0 Å². The zero-order valence-electron chi connectivity index (χ0n) is 6.37. The molecular weight excluding hydrogens is 191 g/mol. The van der Waals surface area contributed by atoms with Crippen LogP contribution in [0.1, 0.15) is 0 Å². The molecule has 2 aromatic heterocycles. The highest BCUT2D eigenvalue weighted by Crippen LogP contribution is 2.05. The van der Waals surface area contributed by atoms with Crippen molar-refractivity contribution < 1.29 is 0 Å². The molecule has 0 aliphatic rings. The van der Waals surface area contributed by atoms with Crippen LogP contribution in [0.5, 0.6) is 0 Å². The third-order valence-electron chi connectivity index (χ3n) is 1.47. The van der Waals surface area contributed by atoms with E-state index >= 15 is 0 Å². The van der Waals surface area contributed by atoms with Gasteiger partial charge in [-0.3, -0.25) is 0 Å². The first kappa shape index (κ1) is 9.37. The summed E-state index contributed by atoms with van der Waals surface area (Å²) in [5.41, 5.74) is 2.54. The molecule has 0 spiro atoms. The minimum atomic E-state index is 0. The number of aromatic nitrogens is 2. The Morgan fingerprint density at radius 2 is 1.42 bits per heavy atom. The molecule has 2 rings (SSSR count). The Morgan fingerprint density at radius 3 is 1.75 bits per heavy atom. The Morgan fingerprint density at radius 1 is 0.917 bits per heavy atom. The summed E-state index contributed by atoms with van der Waals surface area (Å²) in [5, 5.41) is 0. The van der Waals surface area contributed by atoms with Gasteiger partial charge in [0.2, 0.25) is 0 Å². The summed E-state index contributed by atoms with van der Waals surface area (Å²) in [4.78, 5) is 6.34. The molecule has 12 heavy (non-hydrogen) atoms. The first-order valence-electron chi connectivity index (χ1n) is 3.49. The van der Waals surface area contributed by atoms with Gasteiger partial charge in [-0.1, -0.05) is 0 Å². The highest BCUT2D eigenvalue weighted by Gasteiger charge is 1.94. The summed E-state index contributed by atoms with van der Waals surface area (Å²) in [6.45, 7) is 0. The summed E-state index contributed by atoms with van der Waals surface area (Å²) in [6, 6.07) is 8.23. The van der Waals surface area contributed by atoms with Crippen LogP contribution in [0.3, 0.4) is 0 Å². The monoisotopic (exact) mass is 200 g/mol. The van der Waals surface area contributed by atoms with Gasteiger partial charge in [0.05, 0.1) is 0 Å². The zero-order valence-corrected chi connectivity index (χ0v) is 8.19. The van der Waals surface area contributed by atoms with Crippen molar-refractivity contribution in [2.45, 2.75) is 0 Å². The number of halogens is 1. The summed E-state index contributed by atoms with van der Waals surface area (Å²) >= 11 is 0. The minimum Gasteiger partial charge on any atom is -0.361 e. The Hall–Kier alpha value is -0.720. The standard InChI is InChI=1S/C8H9N2P.ClH/c1-3-7(9-5-1)11-8-4-2-6-10-8;/h1-6,9-11H;1H. The molecule has 64 valence electrons. The van der Waals surface area contributed by atoms with E-state index in [1.165, 1.54) is 10.9 Å². The lowest BCUT2D eigenvalue weighted by Crippen LogP contribution is -2.03. The molecule has 0 saturated carbocycles. The average molecular weight is 201 g/mol. The molecule has 2 N–H and O–H groups in total. The predicted molar refractivity (Wildman–Crippen MR) is 56.4 cm³/mol. The van der Waals surface area contributed by atoms with Gasteiger partial charge in [0.1, 0.15) is 0 Å². The van der Waals surface area contributed by atoms with E-state index < -0.39 is 0 Å². The molecule has 0 amide bonds. The molecule has 0 bridgehead atoms. The molecule has 0 aromatic carbocycles. The third-order valence-corrected chi connectivity index (χ3v) is 2.63. The van der Waals surface area contributed by atoms with Crippen LogP contribution in [0.4, 0.5) is 0 Å². The highest BCUT2D eigenvalue weighted by molar-refractivity contribution is 7.54. The van der Waals surface area contributed by atoms with Crippen molar-refractivity contribution in [2.24, 2.45) is 0 Å². The summed E-state index contributed by atoms with van der Waals surface area (Å²) < 4.78 is 0. The topological polar surface area (TPSA) is 31.6 Å². The fraction of sp³-hybridized carbons (Fsp3) is 0. The van der Waals surface area contributed by atoms with Gasteiger partial charge >= 0.3 is 0 Å². The fourth-order valence-electron chi connectivity index (χ4n) is 0.961. The van der Waals surface area contributed by atoms with Crippen molar-refractivity contribution in [1.29, 1.82) is 0 Å². The normalized spacial score (nSPS) is 9.33. The van der Waals surface area contributed by atoms with E-state index in [1.54, 1.807) is 0 Å². The third kappa shape index (κ3) is 2.13. The zero-order chi connectivity index (χ0) is 7.52. The fourth-order valence-corrected chi connectivity index (χ4v) is 1.92. The van der Waals surface area contributed by atoms with Gasteiger partial charge in [-0.2, -0.15) is 0 Å². The first-order chi connectivity index (χ1) is 5.45. The van der Waals surface area contributed by atoms with Crippen molar-refractivity contribution in [2.75, 3.05) is 0 Å². The van der Waals surface area contributed by atoms with E-state index in [-0.39, 0.29) is 12.4 Å². The predicted octanol–water partition coefficient (Wildman–Crippen LogP) is 1.39. The van der Waals surface area contributed by atoms with E-state index in [9.17, 15) is 0 Å². The van der Waals surface area contributed by atoms with E-state index in [4.69, 9.17) is 0 Å². The Labute approximate surface area is 79.0 Å². The van der Waals surface area contributed by atoms with Crippen molar-refractivity contribution in [3.05, 3.63) is 36.7 Å². The highest BCUT2D eigenvalue weighted by atomic mass is 35.5. The van der Waals surface area contributed by atoms with Crippen LogP contribution in [0, 0.1) is 0 Å². The van der Waals surface area contributed by atoms with Gasteiger partial charge in [0, 0.05) is 23.3 Å². The first-order valence-corrected chi connectivity index (χ1v) is 4.49. The lowest BCUT2D eigenvalue weighted by atomic mass is 10.7. The molecule has 2 nitrogen and oxygen atoms in total. The van der Waals surface area contributed by atoms with Crippen LogP contribution in [-0.2, 0) is 0 Å². The van der Waals surface area contributed by atoms with Crippen LogP contribution in [0.25, 0.3) is 0 Å². The Bertz CT molecular complexity index is 269. The molecule has 0 aliphatic carbocycles. The molecule has 0 fully saturated rings. The van der Waals surface area contributed by atoms with Gasteiger partial charge in [-0.05, 0) is 32.8 Å². The molecule has 0 atom stereocenters. The molecule has 0 unspecified atom stereocenters. The quantitative estimate of drug-likeness (QED) is 0.687. The minimum absolute atomic E-state index is 0.